The highest BCUT2D eigenvalue weighted by Gasteiger charge is 2.25. The number of carbonyl (C=O) groups is 2. The second-order valence-corrected chi connectivity index (χ2v) is 9.56. The van der Waals surface area contributed by atoms with Crippen LogP contribution in [-0.2, 0) is 22.6 Å². The zero-order valence-electron chi connectivity index (χ0n) is 21.0. The molecule has 0 aliphatic carbocycles. The van der Waals surface area contributed by atoms with E-state index in [9.17, 15) is 18.8 Å². The summed E-state index contributed by atoms with van der Waals surface area (Å²) < 4.78 is 24.2. The zero-order valence-corrected chi connectivity index (χ0v) is 21.0. The van der Waals surface area contributed by atoms with Gasteiger partial charge in [0.15, 0.2) is 5.43 Å². The Bertz CT molecular complexity index is 1250. The van der Waals surface area contributed by atoms with Crippen LogP contribution in [0.25, 0.3) is 11.0 Å². The highest BCUT2D eigenvalue weighted by atomic mass is 19.1. The molecular formula is C27H32FN3O5. The Morgan fingerprint density at radius 1 is 1.03 bits per heavy atom. The normalized spacial score (nSPS) is 11.4. The first-order chi connectivity index (χ1) is 17.1. The summed E-state index contributed by atoms with van der Waals surface area (Å²) in [5, 5.41) is 3.27. The summed E-state index contributed by atoms with van der Waals surface area (Å²) in [7, 11) is 1.52. The number of hydrogen-bond acceptors (Lipinski definition) is 5. The van der Waals surface area contributed by atoms with Crippen molar-refractivity contribution in [3.8, 4) is 0 Å². The largest absolute Gasteiger partial charge is 0.464 e. The molecule has 9 heteroatoms. The minimum Gasteiger partial charge on any atom is -0.464 e. The molecule has 0 spiro atoms. The molecule has 3 amide bonds. The van der Waals surface area contributed by atoms with Crippen LogP contribution in [0, 0.1) is 5.82 Å². The van der Waals surface area contributed by atoms with Gasteiger partial charge in [0.25, 0.3) is 0 Å². The van der Waals surface area contributed by atoms with Crippen molar-refractivity contribution in [3.05, 3.63) is 82.0 Å². The summed E-state index contributed by atoms with van der Waals surface area (Å²) in [6.07, 6.45) is 1.35. The maximum absolute atomic E-state index is 13.5. The monoisotopic (exact) mass is 497 g/mol. The van der Waals surface area contributed by atoms with Crippen molar-refractivity contribution in [3.63, 3.8) is 0 Å². The third-order valence-corrected chi connectivity index (χ3v) is 5.41. The minimum atomic E-state index is -0.497. The van der Waals surface area contributed by atoms with Gasteiger partial charge in [-0.25, -0.2) is 9.18 Å². The lowest BCUT2D eigenvalue weighted by atomic mass is 10.1. The molecule has 8 nitrogen and oxygen atoms in total. The number of urea groups is 1. The smallest absolute Gasteiger partial charge is 0.318 e. The maximum atomic E-state index is 13.5. The van der Waals surface area contributed by atoms with E-state index in [-0.39, 0.29) is 44.1 Å². The van der Waals surface area contributed by atoms with E-state index in [4.69, 9.17) is 9.15 Å². The molecule has 2 aromatic carbocycles. The Morgan fingerprint density at radius 2 is 1.72 bits per heavy atom. The van der Waals surface area contributed by atoms with Gasteiger partial charge in [-0.1, -0.05) is 24.3 Å². The van der Waals surface area contributed by atoms with Crippen LogP contribution in [0.2, 0.25) is 0 Å². The Hall–Kier alpha value is -3.72. The van der Waals surface area contributed by atoms with Gasteiger partial charge in [0.2, 0.25) is 5.91 Å². The molecule has 36 heavy (non-hydrogen) atoms. The fraction of sp³-hybridized carbons (Fsp3) is 0.370. The van der Waals surface area contributed by atoms with Crippen LogP contribution in [0.3, 0.4) is 0 Å². The van der Waals surface area contributed by atoms with Gasteiger partial charge in [0.05, 0.1) is 30.4 Å². The molecule has 0 unspecified atom stereocenters. The molecule has 0 atom stereocenters. The van der Waals surface area contributed by atoms with Gasteiger partial charge < -0.3 is 24.3 Å². The summed E-state index contributed by atoms with van der Waals surface area (Å²) in [5.74, 6) is -0.775. The van der Waals surface area contributed by atoms with E-state index in [1.54, 1.807) is 36.4 Å². The van der Waals surface area contributed by atoms with Crippen LogP contribution in [0.15, 0.2) is 64.0 Å². The van der Waals surface area contributed by atoms with Crippen molar-refractivity contribution in [2.45, 2.75) is 39.4 Å². The van der Waals surface area contributed by atoms with Gasteiger partial charge in [0.1, 0.15) is 17.9 Å². The molecule has 0 saturated heterocycles. The molecule has 1 N–H and O–H groups in total. The number of carbonyl (C=O) groups excluding carboxylic acids is 2. The molecule has 0 aliphatic heterocycles. The predicted octanol–water partition coefficient (Wildman–Crippen LogP) is 3.92. The molecular weight excluding hydrogens is 465 g/mol. The van der Waals surface area contributed by atoms with E-state index in [0.717, 1.165) is 0 Å². The molecule has 0 fully saturated rings. The van der Waals surface area contributed by atoms with Gasteiger partial charge in [-0.2, -0.15) is 0 Å². The molecule has 192 valence electrons. The molecule has 1 heterocycles. The van der Waals surface area contributed by atoms with Crippen LogP contribution in [0.5, 0.6) is 0 Å². The summed E-state index contributed by atoms with van der Waals surface area (Å²) in [4.78, 5) is 42.3. The zero-order chi connectivity index (χ0) is 26.3. The second kappa shape index (κ2) is 11.8. The summed E-state index contributed by atoms with van der Waals surface area (Å²) in [5.41, 5.74) is 0.690. The van der Waals surface area contributed by atoms with Crippen LogP contribution >= 0.6 is 0 Å². The number of rotatable bonds is 9. The second-order valence-electron chi connectivity index (χ2n) is 9.56. The lowest BCUT2D eigenvalue weighted by Crippen LogP contribution is -2.52. The number of benzene rings is 2. The standard InChI is InChI=1S/C27H32FN3O5/c1-27(2,3)29-26(34)30(13-14-35-4)17-24(32)31(15-19-9-11-21(28)12-10-19)16-20-18-36-23-8-6-5-7-22(23)25(20)33/h5-12,18H,13-17H2,1-4H3,(H,29,34). The number of para-hydroxylation sites is 1. The number of nitrogens with one attached hydrogen (secondary N) is 1. The van der Waals surface area contributed by atoms with Gasteiger partial charge in [0, 0.05) is 25.7 Å². The first-order valence-corrected chi connectivity index (χ1v) is 11.6. The van der Waals surface area contributed by atoms with Crippen molar-refractivity contribution in [1.29, 1.82) is 0 Å². The topological polar surface area (TPSA) is 92.1 Å². The Labute approximate surface area is 209 Å². The number of nitrogens with zero attached hydrogens (tertiary/aromatic N) is 2. The summed E-state index contributed by atoms with van der Waals surface area (Å²) in [6.45, 7) is 5.84. The average Bonchev–Trinajstić information content (AvgIpc) is 2.83. The Kier molecular flexibility index (Phi) is 8.82. The SMILES string of the molecule is COCCN(CC(=O)N(Cc1ccc(F)cc1)Cc1coc2ccccc2c1=O)C(=O)NC(C)(C)C. The molecule has 0 radical (unpaired) electrons. The lowest BCUT2D eigenvalue weighted by molar-refractivity contribution is -0.133. The number of fused-ring (bicyclic) bond motifs is 1. The highest BCUT2D eigenvalue weighted by Crippen LogP contribution is 2.15. The van der Waals surface area contributed by atoms with Gasteiger partial charge in [-0.3, -0.25) is 9.59 Å². The Morgan fingerprint density at radius 3 is 2.39 bits per heavy atom. The highest BCUT2D eigenvalue weighted by molar-refractivity contribution is 5.84. The van der Waals surface area contributed by atoms with Crippen LogP contribution in [0.1, 0.15) is 31.9 Å². The fourth-order valence-electron chi connectivity index (χ4n) is 3.59. The molecule has 0 saturated carbocycles. The van der Waals surface area contributed by atoms with Gasteiger partial charge in [-0.15, -0.1) is 0 Å². The number of hydrogen-bond donors (Lipinski definition) is 1. The van der Waals surface area contributed by atoms with Crippen molar-refractivity contribution in [2.75, 3.05) is 26.8 Å². The van der Waals surface area contributed by atoms with E-state index < -0.39 is 17.4 Å². The minimum absolute atomic E-state index is 0.0393. The molecule has 1 aromatic heterocycles. The van der Waals surface area contributed by atoms with Crippen molar-refractivity contribution < 1.29 is 23.1 Å². The predicted molar refractivity (Wildman–Crippen MR) is 135 cm³/mol. The van der Waals surface area contributed by atoms with Crippen LogP contribution < -0.4 is 10.7 Å². The molecule has 3 aromatic rings. The van der Waals surface area contributed by atoms with E-state index in [1.165, 1.54) is 35.3 Å². The quantitative estimate of drug-likeness (QED) is 0.484. The van der Waals surface area contributed by atoms with Crippen LogP contribution in [0.4, 0.5) is 9.18 Å². The van der Waals surface area contributed by atoms with Crippen LogP contribution in [-0.4, -0.2) is 54.1 Å². The van der Waals surface area contributed by atoms with E-state index >= 15 is 0 Å². The third kappa shape index (κ3) is 7.39. The molecule has 3 rings (SSSR count). The van der Waals surface area contributed by atoms with Crippen molar-refractivity contribution in [2.24, 2.45) is 0 Å². The first-order valence-electron chi connectivity index (χ1n) is 11.6. The summed E-state index contributed by atoms with van der Waals surface area (Å²) in [6, 6.07) is 12.2. The third-order valence-electron chi connectivity index (χ3n) is 5.41. The first kappa shape index (κ1) is 26.9. The number of halogens is 1. The number of methoxy groups -OCH3 is 1. The lowest BCUT2D eigenvalue weighted by Gasteiger charge is -2.30. The summed E-state index contributed by atoms with van der Waals surface area (Å²) >= 11 is 0. The van der Waals surface area contributed by atoms with E-state index in [1.807, 2.05) is 20.8 Å². The number of ether oxygens (including phenoxy) is 1. The molecule has 0 bridgehead atoms. The average molecular weight is 498 g/mol. The van der Waals surface area contributed by atoms with Gasteiger partial charge >= 0.3 is 6.03 Å². The van der Waals surface area contributed by atoms with Gasteiger partial charge in [-0.05, 0) is 50.6 Å². The number of amides is 3. The van der Waals surface area contributed by atoms with E-state index in [2.05, 4.69) is 5.32 Å². The maximum Gasteiger partial charge on any atom is 0.318 e. The molecule has 0 aliphatic rings. The fourth-order valence-corrected chi connectivity index (χ4v) is 3.59. The van der Waals surface area contributed by atoms with Crippen molar-refractivity contribution in [1.82, 2.24) is 15.1 Å². The Balaban J connectivity index is 1.89. The van der Waals surface area contributed by atoms with E-state index in [0.29, 0.717) is 22.1 Å². The van der Waals surface area contributed by atoms with Crippen molar-refractivity contribution >= 4 is 22.9 Å².